The normalized spacial score (nSPS) is 9.56. The first kappa shape index (κ1) is 6.20. The van der Waals surface area contributed by atoms with Crippen molar-refractivity contribution in [1.82, 2.24) is 4.98 Å². The van der Waals surface area contributed by atoms with E-state index >= 15 is 0 Å². The molecule has 0 amide bonds. The van der Waals surface area contributed by atoms with E-state index in [0.29, 0.717) is 5.69 Å². The molecule has 0 aliphatic rings. The Balaban J connectivity index is 3.01. The third kappa shape index (κ3) is 1.25. The molecule has 2 heteroatoms. The fourth-order valence-electron chi connectivity index (χ4n) is 0.610. The van der Waals surface area contributed by atoms with Crippen LogP contribution in [0.4, 0.5) is 4.39 Å². The average molecular weight is 124 g/mol. The standard InChI is InChI=1S/C7H7FN/c1-2-7-6(8)4-3-5-9-7/h2-5H,1H3. The molecule has 0 fully saturated rings. The van der Waals surface area contributed by atoms with Crippen LogP contribution in [-0.4, -0.2) is 4.98 Å². The fraction of sp³-hybridized carbons (Fsp3) is 0.143. The summed E-state index contributed by atoms with van der Waals surface area (Å²) in [6.07, 6.45) is 3.20. The Bertz CT molecular complexity index is 198. The van der Waals surface area contributed by atoms with Crippen LogP contribution in [0, 0.1) is 12.2 Å². The van der Waals surface area contributed by atoms with E-state index in [1.807, 2.05) is 0 Å². The third-order valence-corrected chi connectivity index (χ3v) is 1.06. The minimum atomic E-state index is -0.264. The third-order valence-electron chi connectivity index (χ3n) is 1.06. The Morgan fingerprint density at radius 2 is 2.44 bits per heavy atom. The molecule has 0 aliphatic heterocycles. The lowest BCUT2D eigenvalue weighted by molar-refractivity contribution is 0.612. The molecule has 0 atom stereocenters. The highest BCUT2D eigenvalue weighted by molar-refractivity contribution is 5.13. The van der Waals surface area contributed by atoms with Gasteiger partial charge in [0.05, 0.1) is 5.69 Å². The molecule has 1 nitrogen and oxygen atoms in total. The molecule has 47 valence electrons. The highest BCUT2D eigenvalue weighted by Crippen LogP contribution is 2.02. The minimum absolute atomic E-state index is 0.264. The van der Waals surface area contributed by atoms with Gasteiger partial charge in [0.25, 0.3) is 0 Å². The van der Waals surface area contributed by atoms with Gasteiger partial charge in [-0.1, -0.05) is 6.92 Å². The summed E-state index contributed by atoms with van der Waals surface area (Å²) in [5.74, 6) is -0.264. The van der Waals surface area contributed by atoms with Gasteiger partial charge in [-0.05, 0) is 12.1 Å². The summed E-state index contributed by atoms with van der Waals surface area (Å²) in [5.41, 5.74) is 0.414. The zero-order chi connectivity index (χ0) is 6.69. The first-order valence-corrected chi connectivity index (χ1v) is 2.74. The van der Waals surface area contributed by atoms with Crippen molar-refractivity contribution in [1.29, 1.82) is 0 Å². The summed E-state index contributed by atoms with van der Waals surface area (Å²) in [7, 11) is 0. The number of rotatable bonds is 1. The molecular weight excluding hydrogens is 117 g/mol. The Kier molecular flexibility index (Phi) is 1.78. The van der Waals surface area contributed by atoms with E-state index < -0.39 is 0 Å². The lowest BCUT2D eigenvalue weighted by Gasteiger charge is -1.93. The second-order valence-electron chi connectivity index (χ2n) is 1.66. The Morgan fingerprint density at radius 3 is 2.89 bits per heavy atom. The minimum Gasteiger partial charge on any atom is -0.258 e. The van der Waals surface area contributed by atoms with Crippen LogP contribution in [0.25, 0.3) is 0 Å². The van der Waals surface area contributed by atoms with E-state index in [9.17, 15) is 4.39 Å². The van der Waals surface area contributed by atoms with Crippen LogP contribution in [0.3, 0.4) is 0 Å². The van der Waals surface area contributed by atoms with Crippen molar-refractivity contribution in [2.45, 2.75) is 6.92 Å². The molecule has 0 unspecified atom stereocenters. The predicted octanol–water partition coefficient (Wildman–Crippen LogP) is 1.79. The molecule has 0 saturated carbocycles. The average Bonchev–Trinajstić information content (AvgIpc) is 1.89. The number of nitrogens with zero attached hydrogens (tertiary/aromatic N) is 1. The van der Waals surface area contributed by atoms with Crippen molar-refractivity contribution in [2.75, 3.05) is 0 Å². The lowest BCUT2D eigenvalue weighted by atomic mass is 10.3. The van der Waals surface area contributed by atoms with Gasteiger partial charge in [-0.15, -0.1) is 0 Å². The lowest BCUT2D eigenvalue weighted by Crippen LogP contribution is -1.87. The van der Waals surface area contributed by atoms with Gasteiger partial charge in [0.1, 0.15) is 5.82 Å². The van der Waals surface area contributed by atoms with Crippen LogP contribution in [0.15, 0.2) is 18.3 Å². The van der Waals surface area contributed by atoms with Crippen LogP contribution in [0.5, 0.6) is 0 Å². The summed E-state index contributed by atoms with van der Waals surface area (Å²) in [6, 6.07) is 2.96. The summed E-state index contributed by atoms with van der Waals surface area (Å²) < 4.78 is 12.5. The van der Waals surface area contributed by atoms with Gasteiger partial charge >= 0.3 is 0 Å². The summed E-state index contributed by atoms with van der Waals surface area (Å²) in [6.45, 7) is 1.76. The van der Waals surface area contributed by atoms with Crippen molar-refractivity contribution < 1.29 is 4.39 Å². The number of hydrogen-bond donors (Lipinski definition) is 0. The van der Waals surface area contributed by atoms with Crippen LogP contribution < -0.4 is 0 Å². The Hall–Kier alpha value is -0.920. The topological polar surface area (TPSA) is 12.9 Å². The zero-order valence-electron chi connectivity index (χ0n) is 5.13. The molecule has 1 rings (SSSR count). The van der Waals surface area contributed by atoms with Gasteiger partial charge in [0.2, 0.25) is 0 Å². The van der Waals surface area contributed by atoms with E-state index in [4.69, 9.17) is 0 Å². The van der Waals surface area contributed by atoms with Crippen molar-refractivity contribution in [2.24, 2.45) is 0 Å². The fourth-order valence-corrected chi connectivity index (χ4v) is 0.610. The van der Waals surface area contributed by atoms with Crippen molar-refractivity contribution >= 4 is 0 Å². The molecule has 1 radical (unpaired) electrons. The van der Waals surface area contributed by atoms with Crippen LogP contribution in [0.2, 0.25) is 0 Å². The summed E-state index contributed by atoms with van der Waals surface area (Å²) in [5, 5.41) is 0. The van der Waals surface area contributed by atoms with Gasteiger partial charge in [-0.3, -0.25) is 4.98 Å². The number of aromatic nitrogens is 1. The molecule has 0 aromatic carbocycles. The molecule has 0 saturated heterocycles. The first-order chi connectivity index (χ1) is 4.34. The molecule has 1 heterocycles. The largest absolute Gasteiger partial charge is 0.258 e. The predicted molar refractivity (Wildman–Crippen MR) is 33.3 cm³/mol. The van der Waals surface area contributed by atoms with Crippen molar-refractivity contribution in [3.05, 3.63) is 36.3 Å². The van der Waals surface area contributed by atoms with Crippen LogP contribution in [-0.2, 0) is 0 Å². The first-order valence-electron chi connectivity index (χ1n) is 2.74. The van der Waals surface area contributed by atoms with E-state index in [-0.39, 0.29) is 5.82 Å². The molecule has 0 bridgehead atoms. The number of pyridine rings is 1. The molecule has 0 aliphatic carbocycles. The second kappa shape index (κ2) is 2.58. The SMILES string of the molecule is C[CH]c1ncccc1F. The number of halogens is 1. The Morgan fingerprint density at radius 1 is 1.67 bits per heavy atom. The highest BCUT2D eigenvalue weighted by atomic mass is 19.1. The van der Waals surface area contributed by atoms with Gasteiger partial charge < -0.3 is 0 Å². The van der Waals surface area contributed by atoms with Gasteiger partial charge in [-0.2, -0.15) is 0 Å². The molecule has 1 aromatic rings. The molecule has 0 N–H and O–H groups in total. The van der Waals surface area contributed by atoms with E-state index in [0.717, 1.165) is 0 Å². The molecule has 1 aromatic heterocycles. The van der Waals surface area contributed by atoms with E-state index in [2.05, 4.69) is 4.98 Å². The van der Waals surface area contributed by atoms with E-state index in [1.54, 1.807) is 25.6 Å². The van der Waals surface area contributed by atoms with Gasteiger partial charge in [0.15, 0.2) is 0 Å². The molecule has 9 heavy (non-hydrogen) atoms. The van der Waals surface area contributed by atoms with Gasteiger partial charge in [0, 0.05) is 12.6 Å². The second-order valence-corrected chi connectivity index (χ2v) is 1.66. The smallest absolute Gasteiger partial charge is 0.144 e. The summed E-state index contributed by atoms with van der Waals surface area (Å²) in [4.78, 5) is 3.77. The monoisotopic (exact) mass is 124 g/mol. The van der Waals surface area contributed by atoms with Crippen LogP contribution in [0.1, 0.15) is 12.6 Å². The highest BCUT2D eigenvalue weighted by Gasteiger charge is 1.96. The molecule has 0 spiro atoms. The van der Waals surface area contributed by atoms with E-state index in [1.165, 1.54) is 6.07 Å². The summed E-state index contributed by atoms with van der Waals surface area (Å²) >= 11 is 0. The zero-order valence-corrected chi connectivity index (χ0v) is 5.13. The maximum atomic E-state index is 12.5. The van der Waals surface area contributed by atoms with Crippen LogP contribution >= 0.6 is 0 Å². The number of hydrogen-bond acceptors (Lipinski definition) is 1. The van der Waals surface area contributed by atoms with Gasteiger partial charge in [-0.25, -0.2) is 4.39 Å². The molecular formula is C7H7FN. The maximum Gasteiger partial charge on any atom is 0.144 e. The van der Waals surface area contributed by atoms with Crippen molar-refractivity contribution in [3.63, 3.8) is 0 Å². The quantitative estimate of drug-likeness (QED) is 0.556. The van der Waals surface area contributed by atoms with Crippen molar-refractivity contribution in [3.8, 4) is 0 Å². The maximum absolute atomic E-state index is 12.5. The Labute approximate surface area is 53.5 Å².